The van der Waals surface area contributed by atoms with Gasteiger partial charge in [-0.3, -0.25) is 4.79 Å². The summed E-state index contributed by atoms with van der Waals surface area (Å²) in [5.74, 6) is 0.984. The van der Waals surface area contributed by atoms with Gasteiger partial charge in [-0.15, -0.1) is 0 Å². The fourth-order valence-electron chi connectivity index (χ4n) is 3.24. The number of guanidine groups is 1. The molecule has 2 N–H and O–H groups in total. The summed E-state index contributed by atoms with van der Waals surface area (Å²) in [6.45, 7) is 5.57. The van der Waals surface area contributed by atoms with E-state index in [1.807, 2.05) is 11.8 Å². The number of rotatable bonds is 9. The molecule has 0 radical (unpaired) electrons. The Morgan fingerprint density at radius 2 is 1.87 bits per heavy atom. The number of carbonyl (C=O) groups is 1. The first-order valence-corrected chi connectivity index (χ1v) is 12.1. The summed E-state index contributed by atoms with van der Waals surface area (Å²) in [6, 6.07) is 6.79. The third kappa shape index (κ3) is 7.28. The molecule has 2 rings (SSSR count). The van der Waals surface area contributed by atoms with Crippen molar-refractivity contribution in [2.75, 3.05) is 40.3 Å². The van der Waals surface area contributed by atoms with Crippen molar-refractivity contribution in [1.82, 2.24) is 19.8 Å². The van der Waals surface area contributed by atoms with Gasteiger partial charge in [-0.1, -0.05) is 18.6 Å². The lowest BCUT2D eigenvalue weighted by atomic mass is 10.2. The number of amides is 1. The molecule has 0 spiro atoms. The molecule has 1 fully saturated rings. The number of likely N-dealkylation sites (tertiary alicyclic amines) is 1. The lowest BCUT2D eigenvalue weighted by molar-refractivity contribution is -0.130. The fourth-order valence-corrected chi connectivity index (χ4v) is 4.14. The van der Waals surface area contributed by atoms with Crippen molar-refractivity contribution in [2.45, 2.75) is 50.5 Å². The molecule has 1 aromatic carbocycles. The molecule has 0 saturated carbocycles. The Morgan fingerprint density at radius 1 is 1.13 bits per heavy atom. The van der Waals surface area contributed by atoms with Crippen molar-refractivity contribution in [3.8, 4) is 0 Å². The molecule has 30 heavy (non-hydrogen) atoms. The van der Waals surface area contributed by atoms with Crippen LogP contribution in [0.4, 0.5) is 0 Å². The SMILES string of the molecule is CCNC(=NCc1ccc(S(=O)(=O)N(C)C)cc1)NCCCN1CCCCCC1=O. The van der Waals surface area contributed by atoms with E-state index in [0.717, 1.165) is 57.4 Å². The molecule has 168 valence electrons. The van der Waals surface area contributed by atoms with Gasteiger partial charge >= 0.3 is 0 Å². The molecule has 0 aromatic heterocycles. The normalized spacial score (nSPS) is 15.9. The van der Waals surface area contributed by atoms with E-state index in [1.165, 1.54) is 18.4 Å². The zero-order chi connectivity index (χ0) is 22.0. The highest BCUT2D eigenvalue weighted by Gasteiger charge is 2.17. The molecule has 0 unspecified atom stereocenters. The predicted octanol–water partition coefficient (Wildman–Crippen LogP) is 1.78. The first-order chi connectivity index (χ1) is 14.3. The lowest BCUT2D eigenvalue weighted by Gasteiger charge is -2.20. The summed E-state index contributed by atoms with van der Waals surface area (Å²) in [5, 5.41) is 6.53. The summed E-state index contributed by atoms with van der Waals surface area (Å²) in [4.78, 5) is 18.9. The van der Waals surface area contributed by atoms with Crippen LogP contribution in [-0.4, -0.2) is 69.8 Å². The summed E-state index contributed by atoms with van der Waals surface area (Å²) < 4.78 is 25.5. The molecule has 1 heterocycles. The molecule has 0 bridgehead atoms. The van der Waals surface area contributed by atoms with Crippen LogP contribution in [0.25, 0.3) is 0 Å². The van der Waals surface area contributed by atoms with Gasteiger partial charge in [0.05, 0.1) is 11.4 Å². The molecule has 1 aliphatic rings. The quantitative estimate of drug-likeness (QED) is 0.349. The number of hydrogen-bond donors (Lipinski definition) is 2. The third-order valence-electron chi connectivity index (χ3n) is 5.03. The molecule has 1 aliphatic heterocycles. The Balaban J connectivity index is 1.85. The van der Waals surface area contributed by atoms with E-state index in [0.29, 0.717) is 18.9 Å². The van der Waals surface area contributed by atoms with Crippen LogP contribution < -0.4 is 10.6 Å². The molecule has 0 aliphatic carbocycles. The lowest BCUT2D eigenvalue weighted by Crippen LogP contribution is -2.39. The maximum atomic E-state index is 12.1. The van der Waals surface area contributed by atoms with Crippen molar-refractivity contribution in [1.29, 1.82) is 0 Å². The van der Waals surface area contributed by atoms with Crippen LogP contribution in [0.15, 0.2) is 34.2 Å². The number of nitrogens with one attached hydrogen (secondary N) is 2. The second kappa shape index (κ2) is 11.9. The highest BCUT2D eigenvalue weighted by molar-refractivity contribution is 7.89. The maximum Gasteiger partial charge on any atom is 0.242 e. The topological polar surface area (TPSA) is 94.1 Å². The van der Waals surface area contributed by atoms with Gasteiger partial charge in [0, 0.05) is 46.7 Å². The van der Waals surface area contributed by atoms with Crippen molar-refractivity contribution < 1.29 is 13.2 Å². The van der Waals surface area contributed by atoms with Crippen molar-refractivity contribution in [3.05, 3.63) is 29.8 Å². The largest absolute Gasteiger partial charge is 0.357 e. The standard InChI is InChI=1S/C21H35N5O3S/c1-4-22-21(23-14-8-16-26-15-7-5-6-9-20(26)27)24-17-18-10-12-19(13-11-18)30(28,29)25(2)3/h10-13H,4-9,14-17H2,1-3H3,(H2,22,23,24). The van der Waals surface area contributed by atoms with Crippen LogP contribution in [0.1, 0.15) is 44.6 Å². The van der Waals surface area contributed by atoms with Gasteiger partial charge in [0.25, 0.3) is 0 Å². The second-order valence-corrected chi connectivity index (χ2v) is 9.75. The number of sulfonamides is 1. The minimum atomic E-state index is -3.42. The Morgan fingerprint density at radius 3 is 2.53 bits per heavy atom. The van der Waals surface area contributed by atoms with Gasteiger partial charge in [0.15, 0.2) is 5.96 Å². The summed E-state index contributed by atoms with van der Waals surface area (Å²) >= 11 is 0. The smallest absolute Gasteiger partial charge is 0.242 e. The van der Waals surface area contributed by atoms with E-state index in [9.17, 15) is 13.2 Å². The molecule has 9 heteroatoms. The highest BCUT2D eigenvalue weighted by atomic mass is 32.2. The molecule has 8 nitrogen and oxygen atoms in total. The van der Waals surface area contributed by atoms with Crippen LogP contribution >= 0.6 is 0 Å². The van der Waals surface area contributed by atoms with Crippen molar-refractivity contribution in [2.24, 2.45) is 4.99 Å². The Hall–Kier alpha value is -2.13. The molecule has 1 aromatic rings. The fraction of sp³-hybridized carbons (Fsp3) is 0.619. The van der Waals surface area contributed by atoms with Gasteiger partial charge in [-0.2, -0.15) is 0 Å². The van der Waals surface area contributed by atoms with Crippen LogP contribution in [0, 0.1) is 0 Å². The Labute approximate surface area is 180 Å². The Bertz CT molecular complexity index is 806. The first-order valence-electron chi connectivity index (χ1n) is 10.7. The van der Waals surface area contributed by atoms with Crippen LogP contribution in [0.3, 0.4) is 0 Å². The molecular weight excluding hydrogens is 402 g/mol. The number of carbonyl (C=O) groups excluding carboxylic acids is 1. The van der Waals surface area contributed by atoms with E-state index < -0.39 is 10.0 Å². The van der Waals surface area contributed by atoms with E-state index in [4.69, 9.17) is 0 Å². The minimum absolute atomic E-state index is 0.271. The summed E-state index contributed by atoms with van der Waals surface area (Å²) in [6.07, 6.45) is 4.78. The van der Waals surface area contributed by atoms with Crippen LogP contribution in [-0.2, 0) is 21.4 Å². The number of benzene rings is 1. The van der Waals surface area contributed by atoms with Gasteiger partial charge in [0.1, 0.15) is 0 Å². The van der Waals surface area contributed by atoms with Gasteiger partial charge in [-0.05, 0) is 43.9 Å². The number of hydrogen-bond acceptors (Lipinski definition) is 4. The third-order valence-corrected chi connectivity index (χ3v) is 6.86. The monoisotopic (exact) mass is 437 g/mol. The molecule has 1 saturated heterocycles. The van der Waals surface area contributed by atoms with E-state index in [2.05, 4.69) is 15.6 Å². The summed E-state index contributed by atoms with van der Waals surface area (Å²) in [7, 11) is -0.382. The van der Waals surface area contributed by atoms with Gasteiger partial charge < -0.3 is 15.5 Å². The van der Waals surface area contributed by atoms with E-state index in [1.54, 1.807) is 24.3 Å². The zero-order valence-electron chi connectivity index (χ0n) is 18.4. The number of aliphatic imine (C=N–C) groups is 1. The van der Waals surface area contributed by atoms with Crippen LogP contribution in [0.2, 0.25) is 0 Å². The maximum absolute atomic E-state index is 12.1. The average molecular weight is 438 g/mol. The molecule has 1 amide bonds. The van der Waals surface area contributed by atoms with Crippen molar-refractivity contribution >= 4 is 21.9 Å². The van der Waals surface area contributed by atoms with Crippen molar-refractivity contribution in [3.63, 3.8) is 0 Å². The minimum Gasteiger partial charge on any atom is -0.357 e. The molecule has 0 atom stereocenters. The zero-order valence-corrected chi connectivity index (χ0v) is 19.2. The van der Waals surface area contributed by atoms with Gasteiger partial charge in [-0.25, -0.2) is 17.7 Å². The number of nitrogens with zero attached hydrogens (tertiary/aromatic N) is 3. The van der Waals surface area contributed by atoms with E-state index in [-0.39, 0.29) is 10.8 Å². The van der Waals surface area contributed by atoms with Crippen LogP contribution in [0.5, 0.6) is 0 Å². The predicted molar refractivity (Wildman–Crippen MR) is 120 cm³/mol. The average Bonchev–Trinajstić information content (AvgIpc) is 2.93. The van der Waals surface area contributed by atoms with Gasteiger partial charge in [0.2, 0.25) is 15.9 Å². The summed E-state index contributed by atoms with van der Waals surface area (Å²) in [5.41, 5.74) is 0.931. The highest BCUT2D eigenvalue weighted by Crippen LogP contribution is 2.14. The van der Waals surface area contributed by atoms with E-state index >= 15 is 0 Å². The Kier molecular flexibility index (Phi) is 9.58. The first kappa shape index (κ1) is 24.1. The second-order valence-electron chi connectivity index (χ2n) is 7.60. The molecular formula is C21H35N5O3S.